The Morgan fingerprint density at radius 3 is 2.67 bits per heavy atom. The van der Waals surface area contributed by atoms with E-state index < -0.39 is 5.97 Å². The van der Waals surface area contributed by atoms with Gasteiger partial charge in [-0.15, -0.1) is 0 Å². The van der Waals surface area contributed by atoms with Crippen LogP contribution in [0.3, 0.4) is 0 Å². The van der Waals surface area contributed by atoms with Crippen molar-refractivity contribution in [3.8, 4) is 0 Å². The standard InChI is InChI=1S/C7H3BrClIO2/c8-4-1-3(7(11)12)6(10)2-5(4)9/h1-2H,(H,11,12). The van der Waals surface area contributed by atoms with Crippen LogP contribution in [0.2, 0.25) is 5.02 Å². The topological polar surface area (TPSA) is 37.3 Å². The van der Waals surface area contributed by atoms with Crippen LogP contribution >= 0.6 is 50.1 Å². The molecule has 1 rings (SSSR count). The molecule has 12 heavy (non-hydrogen) atoms. The highest BCUT2D eigenvalue weighted by Crippen LogP contribution is 2.27. The number of aromatic carboxylic acids is 1. The van der Waals surface area contributed by atoms with Crippen LogP contribution in [-0.2, 0) is 0 Å². The molecule has 2 nitrogen and oxygen atoms in total. The molecule has 0 heterocycles. The Kier molecular flexibility index (Phi) is 3.37. The van der Waals surface area contributed by atoms with E-state index in [9.17, 15) is 4.79 Å². The zero-order valence-corrected chi connectivity index (χ0v) is 10.1. The van der Waals surface area contributed by atoms with Crippen molar-refractivity contribution in [3.63, 3.8) is 0 Å². The largest absolute Gasteiger partial charge is 0.478 e. The number of benzene rings is 1. The number of carboxylic acids is 1. The van der Waals surface area contributed by atoms with E-state index in [0.29, 0.717) is 13.1 Å². The van der Waals surface area contributed by atoms with Crippen LogP contribution in [0.1, 0.15) is 10.4 Å². The van der Waals surface area contributed by atoms with Crippen LogP contribution in [0.4, 0.5) is 0 Å². The molecule has 0 atom stereocenters. The molecule has 0 spiro atoms. The molecule has 0 fully saturated rings. The molecule has 0 amide bonds. The third-order valence-electron chi connectivity index (χ3n) is 1.24. The lowest BCUT2D eigenvalue weighted by Crippen LogP contribution is -1.99. The number of halogens is 3. The fourth-order valence-electron chi connectivity index (χ4n) is 0.686. The minimum absolute atomic E-state index is 0.256. The Hall–Kier alpha value is 0.190. The summed E-state index contributed by atoms with van der Waals surface area (Å²) in [6, 6.07) is 3.10. The molecular weight excluding hydrogens is 358 g/mol. The molecule has 0 saturated heterocycles. The average molecular weight is 361 g/mol. The molecule has 1 N–H and O–H groups in total. The van der Waals surface area contributed by atoms with Crippen molar-refractivity contribution < 1.29 is 9.90 Å². The second kappa shape index (κ2) is 3.93. The lowest BCUT2D eigenvalue weighted by molar-refractivity contribution is 0.0695. The third kappa shape index (κ3) is 2.11. The minimum Gasteiger partial charge on any atom is -0.478 e. The summed E-state index contributed by atoms with van der Waals surface area (Å²) in [5.74, 6) is -0.947. The van der Waals surface area contributed by atoms with E-state index in [1.54, 1.807) is 6.07 Å². The van der Waals surface area contributed by atoms with E-state index >= 15 is 0 Å². The van der Waals surface area contributed by atoms with E-state index in [2.05, 4.69) is 15.9 Å². The highest BCUT2D eigenvalue weighted by Gasteiger charge is 2.10. The van der Waals surface area contributed by atoms with Gasteiger partial charge in [-0.3, -0.25) is 0 Å². The van der Waals surface area contributed by atoms with Crippen molar-refractivity contribution in [1.82, 2.24) is 0 Å². The molecule has 0 aliphatic carbocycles. The van der Waals surface area contributed by atoms with E-state index in [1.165, 1.54) is 6.07 Å². The van der Waals surface area contributed by atoms with Gasteiger partial charge in [-0.1, -0.05) is 11.6 Å². The van der Waals surface area contributed by atoms with Crippen LogP contribution in [0, 0.1) is 3.57 Å². The average Bonchev–Trinajstić information content (AvgIpc) is 1.96. The molecule has 1 aromatic rings. The van der Waals surface area contributed by atoms with Crippen LogP contribution in [0.15, 0.2) is 16.6 Å². The summed E-state index contributed by atoms with van der Waals surface area (Å²) in [6.07, 6.45) is 0. The SMILES string of the molecule is O=C(O)c1cc(Br)c(Cl)cc1I. The van der Waals surface area contributed by atoms with E-state index in [0.717, 1.165) is 0 Å². The summed E-state index contributed by atoms with van der Waals surface area (Å²) in [4.78, 5) is 10.6. The highest BCUT2D eigenvalue weighted by molar-refractivity contribution is 14.1. The zero-order valence-electron chi connectivity index (χ0n) is 5.64. The Bertz CT molecular complexity index is 340. The first-order valence-electron chi connectivity index (χ1n) is 2.90. The van der Waals surface area contributed by atoms with Crippen molar-refractivity contribution in [2.45, 2.75) is 0 Å². The summed E-state index contributed by atoms with van der Waals surface area (Å²) < 4.78 is 1.23. The van der Waals surface area contributed by atoms with Crippen molar-refractivity contribution in [2.75, 3.05) is 0 Å². The van der Waals surface area contributed by atoms with E-state index in [1.807, 2.05) is 22.6 Å². The molecule has 0 aliphatic heterocycles. The van der Waals surface area contributed by atoms with Gasteiger partial charge in [0, 0.05) is 8.04 Å². The minimum atomic E-state index is -0.947. The molecule has 0 radical (unpaired) electrons. The lowest BCUT2D eigenvalue weighted by atomic mass is 10.2. The van der Waals surface area contributed by atoms with Crippen molar-refractivity contribution in [1.29, 1.82) is 0 Å². The monoisotopic (exact) mass is 360 g/mol. The second-order valence-electron chi connectivity index (χ2n) is 2.05. The van der Waals surface area contributed by atoms with Gasteiger partial charge < -0.3 is 5.11 Å². The first-order valence-corrected chi connectivity index (χ1v) is 5.15. The Balaban J connectivity index is 3.33. The van der Waals surface area contributed by atoms with Gasteiger partial charge in [-0.25, -0.2) is 4.79 Å². The van der Waals surface area contributed by atoms with Crippen molar-refractivity contribution in [3.05, 3.63) is 30.8 Å². The molecule has 0 unspecified atom stereocenters. The maximum atomic E-state index is 10.6. The summed E-state index contributed by atoms with van der Waals surface area (Å²) in [5, 5.41) is 9.23. The number of hydrogen-bond acceptors (Lipinski definition) is 1. The molecule has 0 aromatic heterocycles. The van der Waals surface area contributed by atoms with Crippen molar-refractivity contribution >= 4 is 56.1 Å². The summed E-state index contributed by atoms with van der Waals surface area (Å²) in [5.41, 5.74) is 0.256. The molecule has 5 heteroatoms. The Morgan fingerprint density at radius 2 is 2.17 bits per heavy atom. The summed E-state index contributed by atoms with van der Waals surface area (Å²) in [7, 11) is 0. The maximum Gasteiger partial charge on any atom is 0.336 e. The van der Waals surface area contributed by atoms with Gasteiger partial charge in [0.15, 0.2) is 0 Å². The van der Waals surface area contributed by atoms with Gasteiger partial charge in [0.1, 0.15) is 0 Å². The molecule has 0 saturated carbocycles. The number of rotatable bonds is 1. The van der Waals surface area contributed by atoms with Crippen LogP contribution in [-0.4, -0.2) is 11.1 Å². The number of carbonyl (C=O) groups is 1. The highest BCUT2D eigenvalue weighted by atomic mass is 127. The van der Waals surface area contributed by atoms with E-state index in [-0.39, 0.29) is 5.56 Å². The first kappa shape index (κ1) is 10.3. The molecule has 0 aliphatic rings. The van der Waals surface area contributed by atoms with Crippen molar-refractivity contribution in [2.24, 2.45) is 0 Å². The zero-order chi connectivity index (χ0) is 9.30. The quantitative estimate of drug-likeness (QED) is 0.615. The normalized spacial score (nSPS) is 9.92. The molecule has 0 bridgehead atoms. The van der Waals surface area contributed by atoms with Gasteiger partial charge in [0.2, 0.25) is 0 Å². The van der Waals surface area contributed by atoms with Gasteiger partial charge in [0.25, 0.3) is 0 Å². The van der Waals surface area contributed by atoms with Crippen LogP contribution in [0.25, 0.3) is 0 Å². The fourth-order valence-corrected chi connectivity index (χ4v) is 2.08. The first-order chi connectivity index (χ1) is 5.52. The maximum absolute atomic E-state index is 10.6. The smallest absolute Gasteiger partial charge is 0.336 e. The molecule has 1 aromatic carbocycles. The lowest BCUT2D eigenvalue weighted by Gasteiger charge is -2.01. The fraction of sp³-hybridized carbons (Fsp3) is 0. The Labute approximate surface area is 96.2 Å². The van der Waals surface area contributed by atoms with Gasteiger partial charge >= 0.3 is 5.97 Å². The predicted molar refractivity (Wildman–Crippen MR) is 58.8 cm³/mol. The van der Waals surface area contributed by atoms with Crippen LogP contribution < -0.4 is 0 Å². The summed E-state index contributed by atoms with van der Waals surface area (Å²) >= 11 is 10.8. The van der Waals surface area contributed by atoms with Gasteiger partial charge in [-0.2, -0.15) is 0 Å². The molecule has 64 valence electrons. The Morgan fingerprint density at radius 1 is 1.58 bits per heavy atom. The summed E-state index contributed by atoms with van der Waals surface area (Å²) in [6.45, 7) is 0. The van der Waals surface area contributed by atoms with Gasteiger partial charge in [0.05, 0.1) is 10.6 Å². The molecular formula is C7H3BrClIO2. The van der Waals surface area contributed by atoms with Gasteiger partial charge in [-0.05, 0) is 50.7 Å². The number of carboxylic acid groups (broad SMARTS) is 1. The van der Waals surface area contributed by atoms with Crippen LogP contribution in [0.5, 0.6) is 0 Å². The second-order valence-corrected chi connectivity index (χ2v) is 4.48. The van der Waals surface area contributed by atoms with E-state index in [4.69, 9.17) is 16.7 Å². The third-order valence-corrected chi connectivity index (χ3v) is 3.33. The predicted octanol–water partition coefficient (Wildman–Crippen LogP) is 3.41. The number of hydrogen-bond donors (Lipinski definition) is 1.